The van der Waals surface area contributed by atoms with Gasteiger partial charge in [-0.3, -0.25) is 18.6 Å². The monoisotopic (exact) mass is 1170 g/mol. The summed E-state index contributed by atoms with van der Waals surface area (Å²) in [5.41, 5.74) is 0. The van der Waals surface area contributed by atoms with E-state index in [2.05, 4.69) is 32.2 Å². The van der Waals surface area contributed by atoms with Crippen LogP contribution in [0.4, 0.5) is 0 Å². The SMILES string of the molecule is CCCCCCCCCCCCC/C=C/C(OC(=O)CCCCCCCCCCCCCCCCCCCCC)C(COP(=O)(O)OCC[N+](C)(C)C)NC(=O)CCCCCCCCCCCCCCCCCCCCCCCCC. The van der Waals surface area contributed by atoms with E-state index in [0.717, 1.165) is 57.8 Å². The summed E-state index contributed by atoms with van der Waals surface area (Å²) in [5, 5.41) is 3.08. The van der Waals surface area contributed by atoms with Crippen molar-refractivity contribution in [3.05, 3.63) is 12.2 Å². The van der Waals surface area contributed by atoms with Crippen molar-refractivity contribution in [3.8, 4) is 0 Å². The Morgan fingerprint density at radius 3 is 1.01 bits per heavy atom. The number of carbonyl (C=O) groups excluding carboxylic acids is 2. The highest BCUT2D eigenvalue weighted by Crippen LogP contribution is 2.43. The highest BCUT2D eigenvalue weighted by atomic mass is 31.2. The second-order valence-corrected chi connectivity index (χ2v) is 27.6. The minimum absolute atomic E-state index is 0.0462. The fourth-order valence-corrected chi connectivity index (χ4v) is 11.9. The van der Waals surface area contributed by atoms with Crippen LogP contribution >= 0.6 is 7.82 Å². The van der Waals surface area contributed by atoms with Gasteiger partial charge in [0.1, 0.15) is 19.3 Å². The van der Waals surface area contributed by atoms with Crippen molar-refractivity contribution in [3.63, 3.8) is 0 Å². The van der Waals surface area contributed by atoms with Crippen LogP contribution in [0.25, 0.3) is 0 Å². The quantitative estimate of drug-likeness (QED) is 0.0205. The number of hydrogen-bond donors (Lipinski definition) is 2. The molecule has 9 nitrogen and oxygen atoms in total. The van der Waals surface area contributed by atoms with Gasteiger partial charge in [-0.1, -0.05) is 348 Å². The third-order valence-electron chi connectivity index (χ3n) is 16.7. The summed E-state index contributed by atoms with van der Waals surface area (Å²) in [6.07, 6.45) is 73.6. The first kappa shape index (κ1) is 79.8. The normalized spacial score (nSPS) is 13.5. The van der Waals surface area contributed by atoms with Crippen LogP contribution in [0.3, 0.4) is 0 Å². The van der Waals surface area contributed by atoms with Gasteiger partial charge in [-0.05, 0) is 31.8 Å². The van der Waals surface area contributed by atoms with Crippen molar-refractivity contribution in [2.24, 2.45) is 0 Å². The van der Waals surface area contributed by atoms with Gasteiger partial charge in [-0.15, -0.1) is 0 Å². The molecular weight excluding hydrogens is 1020 g/mol. The molecule has 0 spiro atoms. The zero-order chi connectivity index (χ0) is 59.3. The van der Waals surface area contributed by atoms with E-state index in [0.29, 0.717) is 23.9 Å². The molecule has 0 aliphatic heterocycles. The van der Waals surface area contributed by atoms with E-state index in [9.17, 15) is 19.0 Å². The minimum Gasteiger partial charge on any atom is -0.456 e. The fraction of sp³-hybridized carbons (Fsp3) is 0.944. The van der Waals surface area contributed by atoms with Crippen LogP contribution in [0.2, 0.25) is 0 Å². The summed E-state index contributed by atoms with van der Waals surface area (Å²) in [5.74, 6) is -0.476. The smallest absolute Gasteiger partial charge is 0.456 e. The van der Waals surface area contributed by atoms with Crippen LogP contribution in [0.5, 0.6) is 0 Å². The van der Waals surface area contributed by atoms with E-state index >= 15 is 0 Å². The molecule has 0 aliphatic carbocycles. The lowest BCUT2D eigenvalue weighted by Crippen LogP contribution is -2.47. The number of carbonyl (C=O) groups is 2. The molecule has 0 rings (SSSR count). The predicted molar refractivity (Wildman–Crippen MR) is 351 cm³/mol. The first-order valence-electron chi connectivity index (χ1n) is 36.0. The van der Waals surface area contributed by atoms with Crippen molar-refractivity contribution in [1.82, 2.24) is 5.32 Å². The molecule has 0 radical (unpaired) electrons. The molecule has 3 unspecified atom stereocenters. The Hall–Kier alpha value is -1.25. The maximum Gasteiger partial charge on any atom is 0.472 e. The molecule has 3 atom stereocenters. The van der Waals surface area contributed by atoms with E-state index in [1.807, 2.05) is 27.2 Å². The first-order valence-corrected chi connectivity index (χ1v) is 37.5. The van der Waals surface area contributed by atoms with E-state index in [1.165, 1.54) is 289 Å². The molecule has 1 amide bonds. The summed E-state index contributed by atoms with van der Waals surface area (Å²) in [7, 11) is 1.52. The Labute approximate surface area is 505 Å². The second kappa shape index (κ2) is 61.8. The number of unbranched alkanes of at least 4 members (excludes halogenated alkanes) is 51. The summed E-state index contributed by atoms with van der Waals surface area (Å²) in [4.78, 5) is 37.9. The predicted octanol–water partition coefficient (Wildman–Crippen LogP) is 22.7. The minimum atomic E-state index is -4.45. The number of esters is 1. The van der Waals surface area contributed by atoms with Crippen molar-refractivity contribution < 1.29 is 37.3 Å². The number of phosphoric acid groups is 1. The molecular formula is C71H142N2O7P+. The number of quaternary nitrogens is 1. The second-order valence-electron chi connectivity index (χ2n) is 26.1. The largest absolute Gasteiger partial charge is 0.472 e. The molecule has 2 N–H and O–H groups in total. The number of hydrogen-bond acceptors (Lipinski definition) is 6. The fourth-order valence-electron chi connectivity index (χ4n) is 11.2. The summed E-state index contributed by atoms with van der Waals surface area (Å²) in [6, 6.07) is -0.841. The van der Waals surface area contributed by atoms with Gasteiger partial charge in [0.05, 0.1) is 33.8 Å². The van der Waals surface area contributed by atoms with Gasteiger partial charge in [-0.2, -0.15) is 0 Å². The molecule has 0 fully saturated rings. The molecule has 0 aliphatic rings. The molecule has 0 aromatic carbocycles. The number of nitrogens with one attached hydrogen (secondary N) is 1. The Bertz CT molecular complexity index is 1390. The number of ether oxygens (including phenoxy) is 1. The number of amides is 1. The molecule has 10 heteroatoms. The molecule has 0 bridgehead atoms. The molecule has 0 saturated heterocycles. The van der Waals surface area contributed by atoms with Crippen LogP contribution in [0.15, 0.2) is 12.2 Å². The Balaban J connectivity index is 5.05. The third kappa shape index (κ3) is 63.1. The van der Waals surface area contributed by atoms with E-state index in [4.69, 9.17) is 13.8 Å². The van der Waals surface area contributed by atoms with Gasteiger partial charge in [0, 0.05) is 12.8 Å². The maximum atomic E-state index is 13.6. The van der Waals surface area contributed by atoms with Crippen molar-refractivity contribution >= 4 is 19.7 Å². The van der Waals surface area contributed by atoms with Gasteiger partial charge >= 0.3 is 13.8 Å². The van der Waals surface area contributed by atoms with Crippen molar-refractivity contribution in [2.75, 3.05) is 40.9 Å². The lowest BCUT2D eigenvalue weighted by Gasteiger charge is -2.27. The Kier molecular flexibility index (Phi) is 60.9. The van der Waals surface area contributed by atoms with Crippen LogP contribution in [0, 0.1) is 0 Å². The van der Waals surface area contributed by atoms with Crippen LogP contribution in [-0.2, 0) is 27.9 Å². The van der Waals surface area contributed by atoms with Crippen LogP contribution in [0.1, 0.15) is 380 Å². The lowest BCUT2D eigenvalue weighted by molar-refractivity contribution is -0.870. The Morgan fingerprint density at radius 1 is 0.420 bits per heavy atom. The van der Waals surface area contributed by atoms with E-state index in [1.54, 1.807) is 0 Å². The van der Waals surface area contributed by atoms with Gasteiger partial charge in [0.2, 0.25) is 5.91 Å². The third-order valence-corrected chi connectivity index (χ3v) is 17.7. The molecule has 482 valence electrons. The summed E-state index contributed by atoms with van der Waals surface area (Å²) in [6.45, 7) is 7.10. The standard InChI is InChI=1S/C71H141N2O7P/c1-7-10-13-16-19-22-25-28-30-32-34-35-36-37-39-40-42-45-48-51-54-57-60-63-70(74)72-68(67-79-81(76,77)78-66-65-73(4,5)6)69(62-59-56-53-50-47-44-27-24-21-18-15-12-9-3)80-71(75)64-61-58-55-52-49-46-43-41-38-33-31-29-26-23-20-17-14-11-8-2/h59,62,68-69H,7-58,60-61,63-67H2,1-6H3,(H-,72,74,76,77)/p+1/b62-59+. The number of phosphoric ester groups is 1. The number of rotatable bonds is 67. The molecule has 0 aromatic rings. The topological polar surface area (TPSA) is 111 Å². The van der Waals surface area contributed by atoms with Gasteiger partial charge in [-0.25, -0.2) is 4.57 Å². The van der Waals surface area contributed by atoms with E-state index in [-0.39, 0.29) is 25.1 Å². The van der Waals surface area contributed by atoms with Crippen LogP contribution in [-0.4, -0.2) is 74.3 Å². The molecule has 0 saturated carbocycles. The number of allylic oxidation sites excluding steroid dienone is 1. The maximum absolute atomic E-state index is 13.6. The molecule has 0 aromatic heterocycles. The zero-order valence-corrected chi connectivity index (χ0v) is 56.2. The molecule has 0 heterocycles. The number of nitrogens with zero attached hydrogens (tertiary/aromatic N) is 1. The average Bonchev–Trinajstić information content (AvgIpc) is 3.44. The summed E-state index contributed by atoms with van der Waals surface area (Å²) >= 11 is 0. The van der Waals surface area contributed by atoms with E-state index < -0.39 is 20.0 Å². The zero-order valence-electron chi connectivity index (χ0n) is 55.3. The number of likely N-dealkylation sites (N-methyl/N-ethyl adjacent to an activating group) is 1. The van der Waals surface area contributed by atoms with Gasteiger partial charge in [0.25, 0.3) is 0 Å². The lowest BCUT2D eigenvalue weighted by atomic mass is 10.0. The highest BCUT2D eigenvalue weighted by molar-refractivity contribution is 7.47. The van der Waals surface area contributed by atoms with Crippen molar-refractivity contribution in [2.45, 2.75) is 392 Å². The van der Waals surface area contributed by atoms with Gasteiger partial charge < -0.3 is 19.4 Å². The molecule has 81 heavy (non-hydrogen) atoms. The van der Waals surface area contributed by atoms with Crippen molar-refractivity contribution in [1.29, 1.82) is 0 Å². The summed E-state index contributed by atoms with van der Waals surface area (Å²) < 4.78 is 30.9. The highest BCUT2D eigenvalue weighted by Gasteiger charge is 2.30. The Morgan fingerprint density at radius 2 is 0.704 bits per heavy atom. The first-order chi connectivity index (χ1) is 39.4. The average molecular weight is 1170 g/mol. The van der Waals surface area contributed by atoms with Crippen LogP contribution < -0.4 is 5.32 Å². The van der Waals surface area contributed by atoms with Gasteiger partial charge in [0.15, 0.2) is 0 Å².